The Labute approximate surface area is 129 Å². The summed E-state index contributed by atoms with van der Waals surface area (Å²) in [6.07, 6.45) is 1.87. The van der Waals surface area contributed by atoms with Gasteiger partial charge in [-0.25, -0.2) is 0 Å². The molecular weight excluding hydrogens is 334 g/mol. The molecule has 0 spiro atoms. The number of nitrogens with zero attached hydrogens (tertiary/aromatic N) is 2. The van der Waals surface area contributed by atoms with E-state index in [9.17, 15) is 4.79 Å². The lowest BCUT2D eigenvalue weighted by Gasteiger charge is -2.05. The van der Waals surface area contributed by atoms with Crippen LogP contribution >= 0.6 is 15.9 Å². The van der Waals surface area contributed by atoms with E-state index in [4.69, 9.17) is 4.52 Å². The third-order valence-corrected chi connectivity index (χ3v) is 3.59. The fourth-order valence-electron chi connectivity index (χ4n) is 2.05. The molecule has 0 saturated carbocycles. The van der Waals surface area contributed by atoms with Gasteiger partial charge in [0.25, 0.3) is 5.91 Å². The Morgan fingerprint density at radius 2 is 2.00 bits per heavy atom. The van der Waals surface area contributed by atoms with E-state index in [2.05, 4.69) is 31.4 Å². The van der Waals surface area contributed by atoms with Crippen molar-refractivity contribution >= 4 is 32.6 Å². The summed E-state index contributed by atoms with van der Waals surface area (Å²) in [7, 11) is 0. The van der Waals surface area contributed by atoms with Crippen LogP contribution in [0.5, 0.6) is 0 Å². The van der Waals surface area contributed by atoms with Crippen molar-refractivity contribution in [2.75, 3.05) is 6.54 Å². The van der Waals surface area contributed by atoms with E-state index >= 15 is 0 Å². The standard InChI is InChI=1S/C15H12BrN3O2/c16-13-4-3-10-7-12(2-1-11(10)8-13)15(20)17-6-5-14-18-9-19-21-14/h1-4,7-9H,5-6H2,(H,17,20). The molecule has 2 aromatic carbocycles. The van der Waals surface area contributed by atoms with Gasteiger partial charge in [0.2, 0.25) is 5.89 Å². The lowest BCUT2D eigenvalue weighted by molar-refractivity contribution is 0.0953. The Morgan fingerprint density at radius 3 is 2.81 bits per heavy atom. The second-order valence-electron chi connectivity index (χ2n) is 4.55. The predicted molar refractivity (Wildman–Crippen MR) is 82.0 cm³/mol. The lowest BCUT2D eigenvalue weighted by Crippen LogP contribution is -2.25. The van der Waals surface area contributed by atoms with Crippen molar-refractivity contribution in [3.05, 3.63) is 58.7 Å². The summed E-state index contributed by atoms with van der Waals surface area (Å²) in [5.41, 5.74) is 0.635. The van der Waals surface area contributed by atoms with Gasteiger partial charge in [-0.2, -0.15) is 4.98 Å². The number of carbonyl (C=O) groups is 1. The first-order chi connectivity index (χ1) is 10.2. The molecule has 0 aliphatic rings. The summed E-state index contributed by atoms with van der Waals surface area (Å²) in [5, 5.41) is 8.47. The molecule has 1 amide bonds. The molecular formula is C15H12BrN3O2. The SMILES string of the molecule is O=C(NCCc1ncno1)c1ccc2cc(Br)ccc2c1. The molecule has 21 heavy (non-hydrogen) atoms. The molecule has 5 nitrogen and oxygen atoms in total. The molecule has 0 unspecified atom stereocenters. The molecule has 3 aromatic rings. The molecule has 0 radical (unpaired) electrons. The second kappa shape index (κ2) is 6.05. The number of rotatable bonds is 4. The maximum Gasteiger partial charge on any atom is 0.251 e. The van der Waals surface area contributed by atoms with Gasteiger partial charge in [0, 0.05) is 23.0 Å². The molecule has 0 bridgehead atoms. The first kappa shape index (κ1) is 13.8. The topological polar surface area (TPSA) is 68.0 Å². The monoisotopic (exact) mass is 345 g/mol. The number of fused-ring (bicyclic) bond motifs is 1. The number of amides is 1. The van der Waals surface area contributed by atoms with E-state index < -0.39 is 0 Å². The van der Waals surface area contributed by atoms with E-state index in [1.807, 2.05) is 36.4 Å². The van der Waals surface area contributed by atoms with Gasteiger partial charge in [0.15, 0.2) is 6.33 Å². The fourth-order valence-corrected chi connectivity index (χ4v) is 2.43. The third-order valence-electron chi connectivity index (χ3n) is 3.10. The molecule has 3 rings (SSSR count). The largest absolute Gasteiger partial charge is 0.352 e. The van der Waals surface area contributed by atoms with Crippen LogP contribution in [-0.2, 0) is 6.42 Å². The van der Waals surface area contributed by atoms with Crippen LogP contribution in [0.3, 0.4) is 0 Å². The Balaban J connectivity index is 1.68. The normalized spacial score (nSPS) is 10.7. The average molecular weight is 346 g/mol. The first-order valence-corrected chi connectivity index (χ1v) is 7.25. The van der Waals surface area contributed by atoms with Gasteiger partial charge < -0.3 is 9.84 Å². The Kier molecular flexibility index (Phi) is 3.96. The molecule has 6 heteroatoms. The van der Waals surface area contributed by atoms with Crippen molar-refractivity contribution in [1.82, 2.24) is 15.5 Å². The quantitative estimate of drug-likeness (QED) is 0.789. The van der Waals surface area contributed by atoms with E-state index in [1.165, 1.54) is 6.33 Å². The minimum Gasteiger partial charge on any atom is -0.352 e. The number of benzene rings is 2. The Bertz CT molecular complexity index is 772. The van der Waals surface area contributed by atoms with E-state index in [0.717, 1.165) is 15.2 Å². The average Bonchev–Trinajstić information content (AvgIpc) is 3.00. The van der Waals surface area contributed by atoms with Crippen LogP contribution in [0, 0.1) is 0 Å². The Hall–Kier alpha value is -2.21. The molecule has 0 aliphatic heterocycles. The predicted octanol–water partition coefficient (Wildman–Crippen LogP) is 2.96. The molecule has 1 heterocycles. The summed E-state index contributed by atoms with van der Waals surface area (Å²) < 4.78 is 5.89. The zero-order valence-corrected chi connectivity index (χ0v) is 12.6. The van der Waals surface area contributed by atoms with Crippen LogP contribution < -0.4 is 5.32 Å². The van der Waals surface area contributed by atoms with Crippen molar-refractivity contribution in [2.24, 2.45) is 0 Å². The van der Waals surface area contributed by atoms with Crippen LogP contribution in [0.25, 0.3) is 10.8 Å². The molecule has 0 fully saturated rings. The minimum absolute atomic E-state index is 0.112. The van der Waals surface area contributed by atoms with Gasteiger partial charge in [0.1, 0.15) is 0 Å². The van der Waals surface area contributed by atoms with Gasteiger partial charge in [-0.15, -0.1) is 0 Å². The van der Waals surface area contributed by atoms with Gasteiger partial charge >= 0.3 is 0 Å². The molecule has 1 aromatic heterocycles. The molecule has 0 aliphatic carbocycles. The van der Waals surface area contributed by atoms with E-state index in [1.54, 1.807) is 0 Å². The number of halogens is 1. The van der Waals surface area contributed by atoms with Crippen molar-refractivity contribution in [1.29, 1.82) is 0 Å². The van der Waals surface area contributed by atoms with Crippen LogP contribution in [-0.4, -0.2) is 22.6 Å². The zero-order valence-electron chi connectivity index (χ0n) is 11.0. The fraction of sp³-hybridized carbons (Fsp3) is 0.133. The second-order valence-corrected chi connectivity index (χ2v) is 5.46. The number of aromatic nitrogens is 2. The highest BCUT2D eigenvalue weighted by Crippen LogP contribution is 2.20. The van der Waals surface area contributed by atoms with Crippen LogP contribution in [0.1, 0.15) is 16.2 Å². The molecule has 0 saturated heterocycles. The molecule has 1 N–H and O–H groups in total. The molecule has 106 valence electrons. The number of hydrogen-bond donors (Lipinski definition) is 1. The van der Waals surface area contributed by atoms with Gasteiger partial charge in [-0.05, 0) is 35.0 Å². The summed E-state index contributed by atoms with van der Waals surface area (Å²) in [5.74, 6) is 0.401. The zero-order chi connectivity index (χ0) is 14.7. The smallest absolute Gasteiger partial charge is 0.251 e. The van der Waals surface area contributed by atoms with Crippen molar-refractivity contribution < 1.29 is 9.32 Å². The van der Waals surface area contributed by atoms with Crippen LogP contribution in [0.15, 0.2) is 51.7 Å². The number of hydrogen-bond acceptors (Lipinski definition) is 4. The summed E-state index contributed by atoms with van der Waals surface area (Å²) in [6.45, 7) is 0.458. The summed E-state index contributed by atoms with van der Waals surface area (Å²) in [6, 6.07) is 11.6. The Morgan fingerprint density at radius 1 is 1.19 bits per heavy atom. The highest BCUT2D eigenvalue weighted by molar-refractivity contribution is 9.10. The maximum absolute atomic E-state index is 12.1. The van der Waals surface area contributed by atoms with Gasteiger partial charge in [-0.1, -0.05) is 33.2 Å². The summed E-state index contributed by atoms with van der Waals surface area (Å²) >= 11 is 3.43. The van der Waals surface area contributed by atoms with Crippen molar-refractivity contribution in [3.63, 3.8) is 0 Å². The van der Waals surface area contributed by atoms with Gasteiger partial charge in [0.05, 0.1) is 0 Å². The van der Waals surface area contributed by atoms with Crippen LogP contribution in [0.2, 0.25) is 0 Å². The van der Waals surface area contributed by atoms with E-state index in [0.29, 0.717) is 24.4 Å². The minimum atomic E-state index is -0.112. The van der Waals surface area contributed by atoms with Crippen molar-refractivity contribution in [3.8, 4) is 0 Å². The van der Waals surface area contributed by atoms with Crippen LogP contribution in [0.4, 0.5) is 0 Å². The highest BCUT2D eigenvalue weighted by Gasteiger charge is 2.07. The maximum atomic E-state index is 12.1. The lowest BCUT2D eigenvalue weighted by atomic mass is 10.1. The van der Waals surface area contributed by atoms with E-state index in [-0.39, 0.29) is 5.91 Å². The van der Waals surface area contributed by atoms with Gasteiger partial charge in [-0.3, -0.25) is 4.79 Å². The highest BCUT2D eigenvalue weighted by atomic mass is 79.9. The third kappa shape index (κ3) is 3.28. The first-order valence-electron chi connectivity index (χ1n) is 6.45. The summed E-state index contributed by atoms with van der Waals surface area (Å²) in [4.78, 5) is 16.0. The molecule has 0 atom stereocenters. The number of carbonyl (C=O) groups excluding carboxylic acids is 1. The van der Waals surface area contributed by atoms with Crippen molar-refractivity contribution in [2.45, 2.75) is 6.42 Å². The number of nitrogens with one attached hydrogen (secondary N) is 1.